The molecule has 0 amide bonds. The number of halogens is 1. The van der Waals surface area contributed by atoms with Gasteiger partial charge in [0.15, 0.2) is 0 Å². The lowest BCUT2D eigenvalue weighted by atomic mass is 9.94. The number of anilines is 1. The minimum atomic E-state index is -3.62. The van der Waals surface area contributed by atoms with Crippen molar-refractivity contribution in [2.45, 2.75) is 0 Å². The van der Waals surface area contributed by atoms with Crippen molar-refractivity contribution in [2.75, 3.05) is 10.6 Å². The van der Waals surface area contributed by atoms with Crippen LogP contribution in [0.3, 0.4) is 0 Å². The average Bonchev–Trinajstić information content (AvgIpc) is 2.75. The number of nitrogens with zero attached hydrogens (tertiary/aromatic N) is 1. The molecule has 0 heterocycles. The van der Waals surface area contributed by atoms with Crippen LogP contribution >= 0.6 is 11.6 Å². The second kappa shape index (κ2) is 8.35. The van der Waals surface area contributed by atoms with Crippen LogP contribution in [0.2, 0.25) is 5.02 Å². The molecule has 0 saturated carbocycles. The highest BCUT2D eigenvalue weighted by Gasteiger charge is 2.15. The molecule has 0 unspecified atom stereocenters. The monoisotopic (exact) mass is 447 g/mol. The summed E-state index contributed by atoms with van der Waals surface area (Å²) in [6.45, 7) is 0. The van der Waals surface area contributed by atoms with Crippen LogP contribution in [0, 0.1) is 12.0 Å². The molecule has 0 aromatic heterocycles. The molecule has 0 fully saturated rings. The molecule has 154 valence electrons. The number of para-hydroxylation sites is 1. The summed E-state index contributed by atoms with van der Waals surface area (Å²) in [4.78, 5) is 0. The fraction of sp³-hybridized carbons (Fsp3) is 0.0400. The summed E-state index contributed by atoms with van der Waals surface area (Å²) in [7, 11) is -3.62. The van der Waals surface area contributed by atoms with Gasteiger partial charge in [-0.25, -0.2) is 8.42 Å². The van der Waals surface area contributed by atoms with Gasteiger partial charge in [-0.15, -0.1) is 0 Å². The molecule has 0 aliphatic heterocycles. The first-order chi connectivity index (χ1) is 14.8. The molecular formula is C25H18ClNO3S. The smallest absolute Gasteiger partial charge is 0.243 e. The number of hydrogen-bond acceptors (Lipinski definition) is 3. The lowest BCUT2D eigenvalue weighted by Gasteiger charge is -2.15. The molecule has 0 saturated heterocycles. The Morgan fingerprint density at radius 1 is 0.839 bits per heavy atom. The van der Waals surface area contributed by atoms with Crippen LogP contribution < -0.4 is 4.31 Å². The molecule has 31 heavy (non-hydrogen) atoms. The molecule has 0 aliphatic carbocycles. The van der Waals surface area contributed by atoms with Crippen molar-refractivity contribution in [3.8, 4) is 28.8 Å². The second-order valence-corrected chi connectivity index (χ2v) is 9.24. The number of hydrogen-bond donors (Lipinski definition) is 1. The quantitative estimate of drug-likeness (QED) is 0.326. The lowest BCUT2D eigenvalue weighted by Crippen LogP contribution is -2.24. The SMILES string of the molecule is CS(=O)(=O)N(C#Cc1cc(Cl)ccc1-c1ccc(O)c2ccccc12)c1ccccc1. The number of aromatic hydroxyl groups is 1. The number of phenols is 1. The highest BCUT2D eigenvalue weighted by molar-refractivity contribution is 7.92. The van der Waals surface area contributed by atoms with Gasteiger partial charge in [0.05, 0.1) is 11.9 Å². The van der Waals surface area contributed by atoms with E-state index in [4.69, 9.17) is 11.6 Å². The third kappa shape index (κ3) is 4.36. The highest BCUT2D eigenvalue weighted by atomic mass is 35.5. The topological polar surface area (TPSA) is 57.6 Å². The minimum absolute atomic E-state index is 0.188. The first-order valence-corrected chi connectivity index (χ1v) is 11.6. The molecule has 0 spiro atoms. The number of rotatable bonds is 3. The lowest BCUT2D eigenvalue weighted by molar-refractivity contribution is 0.481. The Kier molecular flexibility index (Phi) is 5.60. The van der Waals surface area contributed by atoms with E-state index in [1.54, 1.807) is 42.5 Å². The van der Waals surface area contributed by atoms with Crippen molar-refractivity contribution in [1.82, 2.24) is 0 Å². The van der Waals surface area contributed by atoms with Crippen LogP contribution in [0.5, 0.6) is 5.75 Å². The molecule has 0 bridgehead atoms. The van der Waals surface area contributed by atoms with E-state index in [1.807, 2.05) is 42.5 Å². The predicted octanol–water partition coefficient (Wildman–Crippen LogP) is 5.64. The zero-order chi connectivity index (χ0) is 22.0. The molecule has 0 radical (unpaired) electrons. The predicted molar refractivity (Wildman–Crippen MR) is 127 cm³/mol. The molecule has 4 aromatic carbocycles. The first-order valence-electron chi connectivity index (χ1n) is 9.42. The van der Waals surface area contributed by atoms with Gasteiger partial charge < -0.3 is 5.11 Å². The van der Waals surface area contributed by atoms with E-state index in [2.05, 4.69) is 12.0 Å². The third-order valence-corrected chi connectivity index (χ3v) is 5.99. The van der Waals surface area contributed by atoms with Gasteiger partial charge in [0.25, 0.3) is 0 Å². The Morgan fingerprint density at radius 3 is 2.19 bits per heavy atom. The molecule has 0 aliphatic rings. The largest absolute Gasteiger partial charge is 0.507 e. The Morgan fingerprint density at radius 2 is 1.48 bits per heavy atom. The van der Waals surface area contributed by atoms with E-state index >= 15 is 0 Å². The van der Waals surface area contributed by atoms with Gasteiger partial charge in [0.1, 0.15) is 5.75 Å². The average molecular weight is 448 g/mol. The second-order valence-electron chi connectivity index (χ2n) is 6.97. The summed E-state index contributed by atoms with van der Waals surface area (Å²) in [6, 6.07) is 27.7. The summed E-state index contributed by atoms with van der Waals surface area (Å²) in [5.41, 5.74) is 2.68. The zero-order valence-electron chi connectivity index (χ0n) is 16.6. The first kappa shape index (κ1) is 20.8. The fourth-order valence-electron chi connectivity index (χ4n) is 3.39. The van der Waals surface area contributed by atoms with Crippen LogP contribution in [-0.4, -0.2) is 19.8 Å². The van der Waals surface area contributed by atoms with Gasteiger partial charge in [0, 0.05) is 22.0 Å². The van der Waals surface area contributed by atoms with Crippen LogP contribution in [-0.2, 0) is 10.0 Å². The molecular weight excluding hydrogens is 430 g/mol. The van der Waals surface area contributed by atoms with Gasteiger partial charge in [-0.05, 0) is 52.8 Å². The van der Waals surface area contributed by atoms with E-state index in [9.17, 15) is 13.5 Å². The summed E-state index contributed by atoms with van der Waals surface area (Å²) >= 11 is 6.23. The Bertz CT molecular complexity index is 1440. The molecule has 4 aromatic rings. The van der Waals surface area contributed by atoms with Crippen molar-refractivity contribution < 1.29 is 13.5 Å². The normalized spacial score (nSPS) is 11.0. The standard InChI is InChI=1S/C25H18ClNO3S/c1-31(29,30)27(20-7-3-2-4-8-20)16-15-18-17-19(26)11-12-21(18)23-13-14-25(28)24-10-6-5-9-22(23)24/h2-14,17,28H,1H3. The van der Waals surface area contributed by atoms with Gasteiger partial charge in [-0.1, -0.05) is 66.2 Å². The summed E-state index contributed by atoms with van der Waals surface area (Å²) < 4.78 is 25.8. The van der Waals surface area contributed by atoms with Crippen LogP contribution in [0.15, 0.2) is 84.9 Å². The van der Waals surface area contributed by atoms with E-state index in [-0.39, 0.29) is 5.75 Å². The Balaban J connectivity index is 1.90. The van der Waals surface area contributed by atoms with Crippen LogP contribution in [0.4, 0.5) is 5.69 Å². The number of benzene rings is 4. The number of phenolic OH excluding ortho intramolecular Hbond substituents is 1. The maximum Gasteiger partial charge on any atom is 0.243 e. The van der Waals surface area contributed by atoms with Gasteiger partial charge in [0.2, 0.25) is 10.0 Å². The number of fused-ring (bicyclic) bond motifs is 1. The Labute approximate surface area is 186 Å². The van der Waals surface area contributed by atoms with E-state index < -0.39 is 10.0 Å². The molecule has 1 N–H and O–H groups in total. The van der Waals surface area contributed by atoms with Gasteiger partial charge >= 0.3 is 0 Å². The maximum atomic E-state index is 12.4. The van der Waals surface area contributed by atoms with Gasteiger partial charge in [-0.3, -0.25) is 0 Å². The maximum absolute atomic E-state index is 12.4. The zero-order valence-corrected chi connectivity index (χ0v) is 18.2. The number of sulfonamides is 1. The van der Waals surface area contributed by atoms with E-state index in [1.165, 1.54) is 0 Å². The van der Waals surface area contributed by atoms with Crippen molar-refractivity contribution in [3.63, 3.8) is 0 Å². The molecule has 4 rings (SSSR count). The molecule has 6 heteroatoms. The van der Waals surface area contributed by atoms with Crippen molar-refractivity contribution >= 4 is 38.1 Å². The molecule has 0 atom stereocenters. The minimum Gasteiger partial charge on any atom is -0.507 e. The van der Waals surface area contributed by atoms with Gasteiger partial charge in [-0.2, -0.15) is 4.31 Å². The van der Waals surface area contributed by atoms with E-state index in [0.29, 0.717) is 16.3 Å². The highest BCUT2D eigenvalue weighted by Crippen LogP contribution is 2.36. The third-order valence-electron chi connectivity index (χ3n) is 4.79. The fourth-order valence-corrected chi connectivity index (χ4v) is 4.27. The van der Waals surface area contributed by atoms with Crippen molar-refractivity contribution in [2.24, 2.45) is 0 Å². The summed E-state index contributed by atoms with van der Waals surface area (Å²) in [5.74, 6) is 3.18. The Hall–Kier alpha value is -3.46. The summed E-state index contributed by atoms with van der Waals surface area (Å²) in [5, 5.41) is 12.3. The summed E-state index contributed by atoms with van der Waals surface area (Å²) in [6.07, 6.45) is 1.11. The van der Waals surface area contributed by atoms with Crippen LogP contribution in [0.25, 0.3) is 21.9 Å². The van der Waals surface area contributed by atoms with Crippen molar-refractivity contribution in [3.05, 3.63) is 95.5 Å². The van der Waals surface area contributed by atoms with Crippen LogP contribution in [0.1, 0.15) is 5.56 Å². The van der Waals surface area contributed by atoms with Crippen molar-refractivity contribution in [1.29, 1.82) is 0 Å². The van der Waals surface area contributed by atoms with E-state index in [0.717, 1.165) is 32.5 Å². The molecule has 4 nitrogen and oxygen atoms in total.